The Morgan fingerprint density at radius 1 is 0.880 bits per heavy atom. The van der Waals surface area contributed by atoms with Gasteiger partial charge in [-0.2, -0.15) is 0 Å². The summed E-state index contributed by atoms with van der Waals surface area (Å²) in [5.41, 5.74) is 0.568. The predicted molar refractivity (Wildman–Crippen MR) is 98.0 cm³/mol. The summed E-state index contributed by atoms with van der Waals surface area (Å²) in [6, 6.07) is 2.27. The third kappa shape index (κ3) is 6.87. The van der Waals surface area contributed by atoms with Gasteiger partial charge in [0.2, 0.25) is 0 Å². The molecule has 2 rings (SSSR count). The van der Waals surface area contributed by atoms with Gasteiger partial charge >= 0.3 is 0 Å². The predicted octanol–water partition coefficient (Wildman–Crippen LogP) is 7.37. The molecule has 0 heterocycles. The Morgan fingerprint density at radius 2 is 1.48 bits per heavy atom. The maximum absolute atomic E-state index is 13.3. The monoisotopic (exact) mass is 352 g/mol. The number of aryl methyl sites for hydroxylation is 1. The summed E-state index contributed by atoms with van der Waals surface area (Å²) < 4.78 is 39.5. The number of allylic oxidation sites excluding steroid dienone is 2. The molecule has 1 aliphatic rings. The molecule has 1 aliphatic carbocycles. The minimum atomic E-state index is -1.37. The molecule has 0 radical (unpaired) electrons. The molecule has 0 spiro atoms. The molecule has 0 bridgehead atoms. The van der Waals surface area contributed by atoms with Crippen molar-refractivity contribution in [3.63, 3.8) is 0 Å². The zero-order valence-electron chi connectivity index (χ0n) is 15.4. The van der Waals surface area contributed by atoms with Gasteiger partial charge in [-0.25, -0.2) is 13.2 Å². The molecule has 0 aromatic heterocycles. The maximum Gasteiger partial charge on any atom is 0.194 e. The first kappa shape index (κ1) is 20.1. The van der Waals surface area contributed by atoms with Gasteiger partial charge in [-0.05, 0) is 61.6 Å². The van der Waals surface area contributed by atoms with Crippen LogP contribution in [0, 0.1) is 29.3 Å². The number of hydrogen-bond acceptors (Lipinski definition) is 0. The molecule has 1 aromatic carbocycles. The van der Waals surface area contributed by atoms with E-state index in [1.165, 1.54) is 51.4 Å². The average Bonchev–Trinajstić information content (AvgIpc) is 2.61. The lowest BCUT2D eigenvalue weighted by molar-refractivity contribution is 0.249. The fraction of sp³-hybridized carbons (Fsp3) is 0.636. The van der Waals surface area contributed by atoms with E-state index in [-0.39, 0.29) is 0 Å². The van der Waals surface area contributed by atoms with E-state index in [1.54, 1.807) is 0 Å². The molecular weight excluding hydrogens is 321 g/mol. The number of benzene rings is 1. The number of rotatable bonds is 9. The van der Waals surface area contributed by atoms with Crippen LogP contribution in [-0.2, 0) is 6.42 Å². The standard InChI is InChI=1S/C22H31F3/c1-2-3-4-5-6-7-8-17-9-11-18(12-10-17)13-14-19-15-20(23)22(25)21(24)16-19/h3-4,15-18H,2,5-14H2,1H3. The minimum Gasteiger partial charge on any atom is -0.204 e. The lowest BCUT2D eigenvalue weighted by Crippen LogP contribution is -2.15. The minimum absolute atomic E-state index is 0.568. The van der Waals surface area contributed by atoms with Crippen molar-refractivity contribution in [3.05, 3.63) is 47.3 Å². The van der Waals surface area contributed by atoms with Gasteiger partial charge in [-0.3, -0.25) is 0 Å². The SMILES string of the molecule is CCC=CCCCCC1CCC(CCc2cc(F)c(F)c(F)c2)CC1. The van der Waals surface area contributed by atoms with Crippen LogP contribution in [0.3, 0.4) is 0 Å². The van der Waals surface area contributed by atoms with Crippen molar-refractivity contribution in [2.75, 3.05) is 0 Å². The molecule has 3 heteroatoms. The summed E-state index contributed by atoms with van der Waals surface area (Å²) in [7, 11) is 0. The largest absolute Gasteiger partial charge is 0.204 e. The van der Waals surface area contributed by atoms with Crippen molar-refractivity contribution in [1.82, 2.24) is 0 Å². The van der Waals surface area contributed by atoms with Crippen LogP contribution < -0.4 is 0 Å². The number of unbranched alkanes of at least 4 members (excludes halogenated alkanes) is 2. The van der Waals surface area contributed by atoms with Crippen LogP contribution in [0.4, 0.5) is 13.2 Å². The average molecular weight is 352 g/mol. The summed E-state index contributed by atoms with van der Waals surface area (Å²) in [5, 5.41) is 0. The Hall–Kier alpha value is -1.25. The van der Waals surface area contributed by atoms with Crippen LogP contribution in [0.15, 0.2) is 24.3 Å². The molecular formula is C22H31F3. The second-order valence-electron chi connectivity index (χ2n) is 7.46. The maximum atomic E-state index is 13.3. The fourth-order valence-electron chi connectivity index (χ4n) is 3.91. The van der Waals surface area contributed by atoms with Gasteiger partial charge < -0.3 is 0 Å². The Balaban J connectivity index is 1.63. The quantitative estimate of drug-likeness (QED) is 0.247. The first-order chi connectivity index (χ1) is 12.1. The van der Waals surface area contributed by atoms with Gasteiger partial charge in [0.25, 0.3) is 0 Å². The molecule has 0 saturated heterocycles. The van der Waals surface area contributed by atoms with Gasteiger partial charge in [-0.1, -0.05) is 57.6 Å². The zero-order chi connectivity index (χ0) is 18.1. The molecule has 0 unspecified atom stereocenters. The van der Waals surface area contributed by atoms with Gasteiger partial charge in [0.1, 0.15) is 0 Å². The number of hydrogen-bond donors (Lipinski definition) is 0. The third-order valence-electron chi connectivity index (χ3n) is 5.49. The highest BCUT2D eigenvalue weighted by Crippen LogP contribution is 2.34. The van der Waals surface area contributed by atoms with Crippen LogP contribution >= 0.6 is 0 Å². The van der Waals surface area contributed by atoms with Crippen molar-refractivity contribution >= 4 is 0 Å². The molecule has 0 nitrogen and oxygen atoms in total. The molecule has 1 saturated carbocycles. The van der Waals surface area contributed by atoms with Gasteiger partial charge in [0.05, 0.1) is 0 Å². The fourth-order valence-corrected chi connectivity index (χ4v) is 3.91. The van der Waals surface area contributed by atoms with Crippen LogP contribution in [0.1, 0.15) is 76.7 Å². The molecule has 0 N–H and O–H groups in total. The van der Waals surface area contributed by atoms with E-state index in [4.69, 9.17) is 0 Å². The Morgan fingerprint density at radius 3 is 2.08 bits per heavy atom. The van der Waals surface area contributed by atoms with Crippen molar-refractivity contribution in [2.24, 2.45) is 11.8 Å². The van der Waals surface area contributed by atoms with Crippen LogP contribution in [0.2, 0.25) is 0 Å². The Kier molecular flexibility index (Phi) is 8.57. The van der Waals surface area contributed by atoms with E-state index >= 15 is 0 Å². The highest BCUT2D eigenvalue weighted by atomic mass is 19.2. The van der Waals surface area contributed by atoms with Crippen LogP contribution in [-0.4, -0.2) is 0 Å². The van der Waals surface area contributed by atoms with Crippen molar-refractivity contribution in [1.29, 1.82) is 0 Å². The Labute approximate surface area is 150 Å². The normalized spacial score (nSPS) is 21.1. The summed E-state index contributed by atoms with van der Waals surface area (Å²) in [5.74, 6) is -2.03. The summed E-state index contributed by atoms with van der Waals surface area (Å²) in [6.45, 7) is 2.16. The van der Waals surface area contributed by atoms with Crippen molar-refractivity contribution < 1.29 is 13.2 Å². The molecule has 1 aromatic rings. The molecule has 0 atom stereocenters. The first-order valence-electron chi connectivity index (χ1n) is 9.88. The van der Waals surface area contributed by atoms with E-state index in [0.29, 0.717) is 17.9 Å². The highest BCUT2D eigenvalue weighted by Gasteiger charge is 2.21. The molecule has 0 aliphatic heterocycles. The molecule has 140 valence electrons. The van der Waals surface area contributed by atoms with Gasteiger partial charge in [0, 0.05) is 0 Å². The number of halogens is 3. The Bertz CT molecular complexity index is 519. The van der Waals surface area contributed by atoms with E-state index in [2.05, 4.69) is 19.1 Å². The zero-order valence-corrected chi connectivity index (χ0v) is 15.4. The second kappa shape index (κ2) is 10.7. The van der Waals surface area contributed by atoms with Crippen LogP contribution in [0.25, 0.3) is 0 Å². The van der Waals surface area contributed by atoms with Gasteiger partial charge in [-0.15, -0.1) is 0 Å². The van der Waals surface area contributed by atoms with Crippen molar-refractivity contribution in [3.8, 4) is 0 Å². The summed E-state index contributed by atoms with van der Waals surface area (Å²) >= 11 is 0. The van der Waals surface area contributed by atoms with E-state index in [9.17, 15) is 13.2 Å². The van der Waals surface area contributed by atoms with E-state index in [0.717, 1.165) is 30.9 Å². The van der Waals surface area contributed by atoms with Crippen molar-refractivity contribution in [2.45, 2.75) is 77.6 Å². The molecule has 0 amide bonds. The summed E-state index contributed by atoms with van der Waals surface area (Å²) in [4.78, 5) is 0. The highest BCUT2D eigenvalue weighted by molar-refractivity contribution is 5.19. The molecule has 25 heavy (non-hydrogen) atoms. The lowest BCUT2D eigenvalue weighted by atomic mass is 9.78. The van der Waals surface area contributed by atoms with E-state index in [1.807, 2.05) is 0 Å². The first-order valence-corrected chi connectivity index (χ1v) is 9.88. The lowest BCUT2D eigenvalue weighted by Gasteiger charge is -2.28. The van der Waals surface area contributed by atoms with Crippen LogP contribution in [0.5, 0.6) is 0 Å². The van der Waals surface area contributed by atoms with Gasteiger partial charge in [0.15, 0.2) is 17.5 Å². The third-order valence-corrected chi connectivity index (χ3v) is 5.49. The summed E-state index contributed by atoms with van der Waals surface area (Å²) in [6.07, 6.45) is 17.4. The smallest absolute Gasteiger partial charge is 0.194 e. The molecule has 1 fully saturated rings. The second-order valence-corrected chi connectivity index (χ2v) is 7.46. The topological polar surface area (TPSA) is 0 Å². The van der Waals surface area contributed by atoms with E-state index < -0.39 is 17.5 Å².